The Balaban J connectivity index is 1.70. The van der Waals surface area contributed by atoms with Crippen molar-refractivity contribution in [3.8, 4) is 28.4 Å². The minimum atomic E-state index is -0.155. The third-order valence-electron chi connectivity index (χ3n) is 5.17. The summed E-state index contributed by atoms with van der Waals surface area (Å²) in [5.74, 6) is 1.84. The second-order valence-corrected chi connectivity index (χ2v) is 7.06. The van der Waals surface area contributed by atoms with Crippen molar-refractivity contribution >= 4 is 5.91 Å². The van der Waals surface area contributed by atoms with E-state index < -0.39 is 0 Å². The molecule has 154 valence electrons. The lowest BCUT2D eigenvalue weighted by atomic mass is 9.98. The van der Waals surface area contributed by atoms with E-state index in [1.807, 2.05) is 67.6 Å². The second kappa shape index (κ2) is 8.91. The molecule has 0 saturated heterocycles. The molecule has 1 aliphatic rings. The molecule has 0 aromatic heterocycles. The molecule has 1 N–H and O–H groups in total. The van der Waals surface area contributed by atoms with E-state index in [9.17, 15) is 4.79 Å². The van der Waals surface area contributed by atoms with Crippen molar-refractivity contribution in [2.75, 3.05) is 20.3 Å². The fourth-order valence-electron chi connectivity index (χ4n) is 3.77. The van der Waals surface area contributed by atoms with Gasteiger partial charge in [0.2, 0.25) is 0 Å². The highest BCUT2D eigenvalue weighted by atomic mass is 16.5. The summed E-state index contributed by atoms with van der Waals surface area (Å²) in [7, 11) is 1.61. The van der Waals surface area contributed by atoms with Crippen LogP contribution in [-0.4, -0.2) is 26.2 Å². The van der Waals surface area contributed by atoms with E-state index in [1.165, 1.54) is 0 Å². The van der Waals surface area contributed by atoms with Gasteiger partial charge in [0.15, 0.2) is 11.5 Å². The standard InChI is InChI=1S/C25H25NO4/c1-3-29-23-16-18(15-20(24(23)28-2)17-9-5-4-6-10-17)25(27)26-21-13-14-30-22-12-8-7-11-19(21)22/h4-12,15-16,21H,3,13-14H2,1-2H3,(H,26,27)/t21-/m0/s1. The Hall–Kier alpha value is -3.47. The highest BCUT2D eigenvalue weighted by Gasteiger charge is 2.24. The van der Waals surface area contributed by atoms with Gasteiger partial charge in [-0.2, -0.15) is 0 Å². The van der Waals surface area contributed by atoms with Crippen LogP contribution in [0.25, 0.3) is 11.1 Å². The van der Waals surface area contributed by atoms with Gasteiger partial charge < -0.3 is 19.5 Å². The van der Waals surface area contributed by atoms with Crippen LogP contribution in [0, 0.1) is 0 Å². The van der Waals surface area contributed by atoms with Crippen LogP contribution in [0.2, 0.25) is 0 Å². The Bertz CT molecular complexity index is 1030. The van der Waals surface area contributed by atoms with Gasteiger partial charge in [-0.25, -0.2) is 0 Å². The lowest BCUT2D eigenvalue weighted by Gasteiger charge is -2.27. The largest absolute Gasteiger partial charge is 0.493 e. The number of rotatable bonds is 6. The summed E-state index contributed by atoms with van der Waals surface area (Å²) in [5, 5.41) is 3.16. The summed E-state index contributed by atoms with van der Waals surface area (Å²) in [6.07, 6.45) is 0.725. The molecule has 0 saturated carbocycles. The van der Waals surface area contributed by atoms with E-state index >= 15 is 0 Å². The number of para-hydroxylation sites is 1. The second-order valence-electron chi connectivity index (χ2n) is 7.06. The van der Waals surface area contributed by atoms with Gasteiger partial charge in [-0.1, -0.05) is 48.5 Å². The van der Waals surface area contributed by atoms with E-state index in [4.69, 9.17) is 14.2 Å². The van der Waals surface area contributed by atoms with Crippen LogP contribution in [0.1, 0.15) is 35.3 Å². The van der Waals surface area contributed by atoms with Crippen molar-refractivity contribution in [2.45, 2.75) is 19.4 Å². The van der Waals surface area contributed by atoms with Crippen LogP contribution in [0.3, 0.4) is 0 Å². The first kappa shape index (κ1) is 19.8. The molecule has 1 amide bonds. The molecule has 0 aliphatic carbocycles. The molecule has 0 radical (unpaired) electrons. The number of fused-ring (bicyclic) bond motifs is 1. The number of ether oxygens (including phenoxy) is 3. The normalized spacial score (nSPS) is 14.9. The van der Waals surface area contributed by atoms with Gasteiger partial charge in [0.25, 0.3) is 5.91 Å². The van der Waals surface area contributed by atoms with E-state index in [1.54, 1.807) is 13.2 Å². The lowest BCUT2D eigenvalue weighted by molar-refractivity contribution is 0.0924. The van der Waals surface area contributed by atoms with Gasteiger partial charge >= 0.3 is 0 Å². The maximum Gasteiger partial charge on any atom is 0.251 e. The van der Waals surface area contributed by atoms with Gasteiger partial charge in [0.1, 0.15) is 5.75 Å². The molecule has 1 heterocycles. The van der Waals surface area contributed by atoms with Crippen molar-refractivity contribution in [3.05, 3.63) is 77.9 Å². The quantitative estimate of drug-likeness (QED) is 0.628. The first-order valence-electron chi connectivity index (χ1n) is 10.1. The summed E-state index contributed by atoms with van der Waals surface area (Å²) in [5.41, 5.74) is 3.31. The zero-order chi connectivity index (χ0) is 20.9. The fraction of sp³-hybridized carbons (Fsp3) is 0.240. The average Bonchev–Trinajstić information content (AvgIpc) is 2.79. The van der Waals surface area contributed by atoms with Crippen LogP contribution in [0.5, 0.6) is 17.2 Å². The van der Waals surface area contributed by atoms with Gasteiger partial charge in [0, 0.05) is 23.1 Å². The van der Waals surface area contributed by atoms with Crippen molar-refractivity contribution in [1.82, 2.24) is 5.32 Å². The third kappa shape index (κ3) is 3.96. The average molecular weight is 403 g/mol. The van der Waals surface area contributed by atoms with E-state index in [-0.39, 0.29) is 11.9 Å². The molecule has 4 rings (SSSR count). The number of carbonyl (C=O) groups is 1. The predicted octanol–water partition coefficient (Wildman–Crippen LogP) is 5.01. The Labute approximate surface area is 176 Å². The van der Waals surface area contributed by atoms with E-state index in [2.05, 4.69) is 5.32 Å². The fourth-order valence-corrected chi connectivity index (χ4v) is 3.77. The monoisotopic (exact) mass is 403 g/mol. The number of methoxy groups -OCH3 is 1. The molecular formula is C25H25NO4. The molecule has 5 heteroatoms. The van der Waals surface area contributed by atoms with Crippen LogP contribution >= 0.6 is 0 Å². The maximum absolute atomic E-state index is 13.2. The predicted molar refractivity (Wildman–Crippen MR) is 116 cm³/mol. The Morgan fingerprint density at radius 1 is 1.10 bits per heavy atom. The van der Waals surface area contributed by atoms with Crippen molar-refractivity contribution in [1.29, 1.82) is 0 Å². The SMILES string of the molecule is CCOc1cc(C(=O)N[C@H]2CCOc3ccccc32)cc(-c2ccccc2)c1OC. The zero-order valence-electron chi connectivity index (χ0n) is 17.2. The number of carbonyl (C=O) groups excluding carboxylic acids is 1. The summed E-state index contributed by atoms with van der Waals surface area (Å²) in [6, 6.07) is 21.2. The molecule has 1 aliphatic heterocycles. The molecule has 0 spiro atoms. The van der Waals surface area contributed by atoms with Gasteiger partial charge in [0.05, 0.1) is 26.4 Å². The van der Waals surface area contributed by atoms with E-state index in [0.29, 0.717) is 30.3 Å². The summed E-state index contributed by atoms with van der Waals surface area (Å²) < 4.78 is 17.2. The smallest absolute Gasteiger partial charge is 0.251 e. The third-order valence-corrected chi connectivity index (χ3v) is 5.17. The van der Waals surface area contributed by atoms with E-state index in [0.717, 1.165) is 28.9 Å². The number of amides is 1. The Morgan fingerprint density at radius 2 is 1.87 bits per heavy atom. The minimum Gasteiger partial charge on any atom is -0.493 e. The van der Waals surface area contributed by atoms with Gasteiger partial charge in [-0.05, 0) is 30.7 Å². The molecule has 0 fully saturated rings. The summed E-state index contributed by atoms with van der Waals surface area (Å²) in [6.45, 7) is 2.96. The molecule has 1 atom stereocenters. The molecular weight excluding hydrogens is 378 g/mol. The Morgan fingerprint density at radius 3 is 2.63 bits per heavy atom. The lowest BCUT2D eigenvalue weighted by Crippen LogP contribution is -2.32. The summed E-state index contributed by atoms with van der Waals surface area (Å²) >= 11 is 0. The minimum absolute atomic E-state index is 0.0970. The topological polar surface area (TPSA) is 56.8 Å². The van der Waals surface area contributed by atoms with Gasteiger partial charge in [-0.3, -0.25) is 4.79 Å². The molecule has 0 unspecified atom stereocenters. The van der Waals surface area contributed by atoms with Crippen molar-refractivity contribution in [3.63, 3.8) is 0 Å². The van der Waals surface area contributed by atoms with Crippen LogP contribution in [0.4, 0.5) is 0 Å². The Kier molecular flexibility index (Phi) is 5.89. The van der Waals surface area contributed by atoms with Crippen molar-refractivity contribution < 1.29 is 19.0 Å². The maximum atomic E-state index is 13.2. The zero-order valence-corrected chi connectivity index (χ0v) is 17.2. The molecule has 30 heavy (non-hydrogen) atoms. The number of hydrogen-bond donors (Lipinski definition) is 1. The molecule has 0 bridgehead atoms. The number of nitrogens with one attached hydrogen (secondary N) is 1. The first-order chi connectivity index (χ1) is 14.7. The molecule has 5 nitrogen and oxygen atoms in total. The van der Waals surface area contributed by atoms with Crippen molar-refractivity contribution in [2.24, 2.45) is 0 Å². The first-order valence-corrected chi connectivity index (χ1v) is 10.1. The molecule has 3 aromatic rings. The molecule has 3 aromatic carbocycles. The number of hydrogen-bond acceptors (Lipinski definition) is 4. The van der Waals surface area contributed by atoms with Crippen LogP contribution < -0.4 is 19.5 Å². The van der Waals surface area contributed by atoms with Crippen LogP contribution in [0.15, 0.2) is 66.7 Å². The highest BCUT2D eigenvalue weighted by molar-refractivity contribution is 5.97. The highest BCUT2D eigenvalue weighted by Crippen LogP contribution is 2.40. The number of benzene rings is 3. The van der Waals surface area contributed by atoms with Crippen LogP contribution in [-0.2, 0) is 0 Å². The van der Waals surface area contributed by atoms with Gasteiger partial charge in [-0.15, -0.1) is 0 Å². The summed E-state index contributed by atoms with van der Waals surface area (Å²) in [4.78, 5) is 13.2.